The van der Waals surface area contributed by atoms with Crippen molar-refractivity contribution in [3.8, 4) is 0 Å². The number of benzene rings is 3. The maximum absolute atomic E-state index is 13.5. The third kappa shape index (κ3) is 6.78. The molecule has 5 rings (SSSR count). The Balaban J connectivity index is 1.19. The number of hydrogen-bond acceptors (Lipinski definition) is 3. The van der Waals surface area contributed by atoms with Crippen molar-refractivity contribution in [2.24, 2.45) is 11.8 Å². The van der Waals surface area contributed by atoms with E-state index in [4.69, 9.17) is 0 Å². The van der Waals surface area contributed by atoms with Gasteiger partial charge in [0.1, 0.15) is 5.82 Å². The third-order valence-corrected chi connectivity index (χ3v) is 8.72. The lowest BCUT2D eigenvalue weighted by atomic mass is 9.73. The zero-order valence-electron chi connectivity index (χ0n) is 22.9. The van der Waals surface area contributed by atoms with Crippen LogP contribution < -0.4 is 10.6 Å². The fraction of sp³-hybridized carbons (Fsp3) is 0.455. The summed E-state index contributed by atoms with van der Waals surface area (Å²) < 4.78 is 40.2. The van der Waals surface area contributed by atoms with Crippen molar-refractivity contribution in [3.63, 3.8) is 0 Å². The van der Waals surface area contributed by atoms with Gasteiger partial charge >= 0.3 is 0 Å². The average molecular weight is 536 g/mol. The molecule has 0 aliphatic carbocycles. The Morgan fingerprint density at radius 3 is 2.38 bits per heavy atom. The molecule has 208 valence electrons. The largest absolute Gasteiger partial charge is 0.382 e. The molecule has 1 fully saturated rings. The van der Waals surface area contributed by atoms with Crippen LogP contribution in [0.4, 0.5) is 24.5 Å². The minimum Gasteiger partial charge on any atom is -0.382 e. The first-order valence-corrected chi connectivity index (χ1v) is 14.4. The number of fused-ring (bicyclic) bond motifs is 1. The highest BCUT2D eigenvalue weighted by Gasteiger charge is 2.35. The molecule has 6 heteroatoms. The van der Waals surface area contributed by atoms with E-state index in [0.29, 0.717) is 17.9 Å². The van der Waals surface area contributed by atoms with E-state index in [1.807, 2.05) is 12.1 Å². The van der Waals surface area contributed by atoms with Gasteiger partial charge in [-0.05, 0) is 91.0 Å². The van der Waals surface area contributed by atoms with Crippen LogP contribution in [0.25, 0.3) is 0 Å². The lowest BCUT2D eigenvalue weighted by molar-refractivity contribution is 0.151. The summed E-state index contributed by atoms with van der Waals surface area (Å²) in [4.78, 5) is 2.56. The van der Waals surface area contributed by atoms with Crippen molar-refractivity contribution in [3.05, 3.63) is 95.3 Å². The highest BCUT2D eigenvalue weighted by molar-refractivity contribution is 5.58. The number of anilines is 2. The van der Waals surface area contributed by atoms with Gasteiger partial charge in [0.05, 0.1) is 6.04 Å². The number of halogens is 3. The topological polar surface area (TPSA) is 27.3 Å². The maximum Gasteiger partial charge on any atom is 0.263 e. The average Bonchev–Trinajstić information content (AvgIpc) is 2.95. The normalized spacial score (nSPS) is 22.8. The molecule has 0 bridgehead atoms. The van der Waals surface area contributed by atoms with E-state index in [0.717, 1.165) is 62.3 Å². The van der Waals surface area contributed by atoms with Crippen molar-refractivity contribution >= 4 is 11.4 Å². The summed E-state index contributed by atoms with van der Waals surface area (Å²) in [5.41, 5.74) is 4.32. The molecule has 0 aromatic heterocycles. The highest BCUT2D eigenvalue weighted by atomic mass is 19.3. The molecule has 2 aliphatic heterocycles. The lowest BCUT2D eigenvalue weighted by Crippen LogP contribution is -2.41. The second-order valence-electron chi connectivity index (χ2n) is 11.5. The van der Waals surface area contributed by atoms with Gasteiger partial charge in [0.25, 0.3) is 6.43 Å². The van der Waals surface area contributed by atoms with Gasteiger partial charge in [-0.2, -0.15) is 0 Å². The second-order valence-corrected chi connectivity index (χ2v) is 11.5. The summed E-state index contributed by atoms with van der Waals surface area (Å²) >= 11 is 0. The lowest BCUT2D eigenvalue weighted by Gasteiger charge is -2.41. The Kier molecular flexibility index (Phi) is 8.81. The van der Waals surface area contributed by atoms with Crippen LogP contribution in [0.2, 0.25) is 0 Å². The van der Waals surface area contributed by atoms with E-state index in [1.165, 1.54) is 17.7 Å². The summed E-state index contributed by atoms with van der Waals surface area (Å²) in [6.07, 6.45) is 1.83. The molecule has 4 atom stereocenters. The van der Waals surface area contributed by atoms with Gasteiger partial charge < -0.3 is 15.5 Å². The predicted octanol–water partition coefficient (Wildman–Crippen LogP) is 8.64. The molecule has 3 aromatic rings. The molecule has 3 nitrogen and oxygen atoms in total. The van der Waals surface area contributed by atoms with Crippen LogP contribution in [0.1, 0.15) is 74.6 Å². The Morgan fingerprint density at radius 2 is 1.69 bits per heavy atom. The SMILES string of the molecule is CC(CCC1C(C)c2cc(C(F)F)ccc2N[C@H]1c1ccccc1)CN1CCC(Nc2ccc(F)cc2)CC1. The maximum atomic E-state index is 13.5. The van der Waals surface area contributed by atoms with E-state index < -0.39 is 6.43 Å². The number of alkyl halides is 2. The number of nitrogens with zero attached hydrogens (tertiary/aromatic N) is 1. The van der Waals surface area contributed by atoms with Crippen LogP contribution in [0, 0.1) is 17.7 Å². The highest BCUT2D eigenvalue weighted by Crippen LogP contribution is 2.47. The molecule has 2 N–H and O–H groups in total. The Hall–Kier alpha value is -2.99. The van der Waals surface area contributed by atoms with Crippen LogP contribution in [0.3, 0.4) is 0 Å². The Morgan fingerprint density at radius 1 is 0.974 bits per heavy atom. The number of piperidine rings is 1. The van der Waals surface area contributed by atoms with Gasteiger partial charge in [-0.3, -0.25) is 0 Å². The van der Waals surface area contributed by atoms with Crippen LogP contribution in [-0.4, -0.2) is 30.6 Å². The van der Waals surface area contributed by atoms with E-state index in [2.05, 4.69) is 53.6 Å². The molecule has 0 radical (unpaired) electrons. The molecule has 0 saturated carbocycles. The van der Waals surface area contributed by atoms with E-state index in [9.17, 15) is 13.2 Å². The zero-order valence-corrected chi connectivity index (χ0v) is 22.9. The van der Waals surface area contributed by atoms with Gasteiger partial charge in [0.2, 0.25) is 0 Å². The molecule has 2 aliphatic rings. The van der Waals surface area contributed by atoms with Gasteiger partial charge in [0.15, 0.2) is 0 Å². The van der Waals surface area contributed by atoms with Crippen molar-refractivity contribution in [1.29, 1.82) is 0 Å². The fourth-order valence-electron chi connectivity index (χ4n) is 6.48. The summed E-state index contributed by atoms with van der Waals surface area (Å²) in [5.74, 6) is 0.843. The minimum absolute atomic E-state index is 0.102. The summed E-state index contributed by atoms with van der Waals surface area (Å²) in [7, 11) is 0. The van der Waals surface area contributed by atoms with Crippen LogP contribution in [0.15, 0.2) is 72.8 Å². The summed E-state index contributed by atoms with van der Waals surface area (Å²) in [6.45, 7) is 7.73. The minimum atomic E-state index is -2.46. The zero-order chi connectivity index (χ0) is 27.4. The molecule has 2 heterocycles. The predicted molar refractivity (Wildman–Crippen MR) is 154 cm³/mol. The van der Waals surface area contributed by atoms with E-state index in [-0.39, 0.29) is 23.3 Å². The first-order valence-electron chi connectivity index (χ1n) is 14.4. The standard InChI is InChI=1S/C33H40F3N3/c1-22(21-39-18-16-28(17-19-39)37-27-12-10-26(34)11-13-27)8-14-29-23(2)30-20-25(33(35)36)9-15-31(30)38-32(29)24-6-4-3-5-7-24/h3-7,9-13,15,20,22-23,28-29,32-33,37-38H,8,14,16-19,21H2,1-2H3/t22?,23?,29?,32-/m0/s1. The number of nitrogens with one attached hydrogen (secondary N) is 2. The fourth-order valence-corrected chi connectivity index (χ4v) is 6.48. The quantitative estimate of drug-likeness (QED) is 0.287. The summed E-state index contributed by atoms with van der Waals surface area (Å²) in [5, 5.41) is 7.26. The molecule has 0 amide bonds. The Bertz CT molecular complexity index is 1190. The molecular formula is C33H40F3N3. The van der Waals surface area contributed by atoms with Crippen LogP contribution >= 0.6 is 0 Å². The number of likely N-dealkylation sites (tertiary alicyclic amines) is 1. The van der Waals surface area contributed by atoms with Crippen molar-refractivity contribution < 1.29 is 13.2 Å². The second kappa shape index (κ2) is 12.5. The van der Waals surface area contributed by atoms with Gasteiger partial charge in [-0.15, -0.1) is 0 Å². The van der Waals surface area contributed by atoms with Crippen molar-refractivity contribution in [2.75, 3.05) is 30.3 Å². The van der Waals surface area contributed by atoms with Gasteiger partial charge in [0, 0.05) is 42.6 Å². The molecular weight excluding hydrogens is 495 g/mol. The molecule has 3 unspecified atom stereocenters. The van der Waals surface area contributed by atoms with Gasteiger partial charge in [-0.1, -0.05) is 50.2 Å². The molecule has 1 saturated heterocycles. The van der Waals surface area contributed by atoms with Crippen molar-refractivity contribution in [2.45, 2.75) is 64.0 Å². The molecule has 0 spiro atoms. The molecule has 39 heavy (non-hydrogen) atoms. The first kappa shape index (κ1) is 27.6. The van der Waals surface area contributed by atoms with Crippen LogP contribution in [0.5, 0.6) is 0 Å². The Labute approximate surface area is 230 Å². The third-order valence-electron chi connectivity index (χ3n) is 8.72. The number of rotatable bonds is 9. The summed E-state index contributed by atoms with van der Waals surface area (Å²) in [6, 6.07) is 22.8. The monoisotopic (exact) mass is 535 g/mol. The van der Waals surface area contributed by atoms with Crippen LogP contribution in [-0.2, 0) is 0 Å². The molecule has 3 aromatic carbocycles. The van der Waals surface area contributed by atoms with Crippen molar-refractivity contribution in [1.82, 2.24) is 4.90 Å². The smallest absolute Gasteiger partial charge is 0.263 e. The van der Waals surface area contributed by atoms with E-state index in [1.54, 1.807) is 24.3 Å². The van der Waals surface area contributed by atoms with Gasteiger partial charge in [-0.25, -0.2) is 13.2 Å². The van der Waals surface area contributed by atoms with E-state index >= 15 is 0 Å². The number of hydrogen-bond donors (Lipinski definition) is 2. The first-order chi connectivity index (χ1) is 18.9.